The van der Waals surface area contributed by atoms with E-state index in [-0.39, 0.29) is 18.9 Å². The number of carbonyl (C=O) groups excluding carboxylic acids is 2. The minimum atomic E-state index is -5.07. The first-order valence-corrected chi connectivity index (χ1v) is 11.3. The number of halogens is 3. The molecule has 1 fully saturated rings. The number of hydrogen-bond acceptors (Lipinski definition) is 9. The summed E-state index contributed by atoms with van der Waals surface area (Å²) in [7, 11) is 0. The van der Waals surface area contributed by atoms with Crippen LogP contribution in [0.1, 0.15) is 31.6 Å². The van der Waals surface area contributed by atoms with Crippen LogP contribution in [0.5, 0.6) is 0 Å². The SMILES string of the molecule is CC(C)NC(=O)CN(C(=O)C(F)(F)F)C1CCN(c2cc(Nc3ncc(C#N)s3)ncn2)CC1. The summed E-state index contributed by atoms with van der Waals surface area (Å²) in [6, 6.07) is 2.68. The van der Waals surface area contributed by atoms with Crippen molar-refractivity contribution in [3.8, 4) is 6.07 Å². The third-order valence-corrected chi connectivity index (χ3v) is 5.82. The van der Waals surface area contributed by atoms with Crippen LogP contribution in [-0.4, -0.2) is 69.6 Å². The van der Waals surface area contributed by atoms with Gasteiger partial charge in [-0.1, -0.05) is 11.3 Å². The van der Waals surface area contributed by atoms with Gasteiger partial charge in [-0.25, -0.2) is 15.0 Å². The number of rotatable bonds is 7. The van der Waals surface area contributed by atoms with E-state index in [1.165, 1.54) is 23.9 Å². The predicted molar refractivity (Wildman–Crippen MR) is 118 cm³/mol. The van der Waals surface area contributed by atoms with Crippen LogP contribution in [0.15, 0.2) is 18.6 Å². The maximum absolute atomic E-state index is 13.2. The van der Waals surface area contributed by atoms with E-state index in [1.807, 2.05) is 11.0 Å². The Bertz CT molecular complexity index is 1060. The number of thiazole rings is 1. The Hall–Kier alpha value is -3.47. The standard InChI is InChI=1S/C20H23F3N8O2S/c1-12(2)28-17(32)10-31(18(33)20(21,22)23)13-3-5-30(6-4-13)16-7-15(26-11-27-16)29-19-25-9-14(8-24)34-19/h7,9,11-13H,3-6,10H2,1-2H3,(H,28,32)(H,25,26,27,29). The van der Waals surface area contributed by atoms with Crippen molar-refractivity contribution < 1.29 is 22.8 Å². The molecule has 34 heavy (non-hydrogen) atoms. The van der Waals surface area contributed by atoms with Gasteiger partial charge in [0.1, 0.15) is 35.5 Å². The molecule has 0 radical (unpaired) electrons. The van der Waals surface area contributed by atoms with Gasteiger partial charge in [0.2, 0.25) is 5.91 Å². The van der Waals surface area contributed by atoms with E-state index in [1.54, 1.807) is 19.9 Å². The molecule has 1 aliphatic heterocycles. The maximum Gasteiger partial charge on any atom is 0.471 e. The molecule has 0 saturated carbocycles. The minimum Gasteiger partial charge on any atom is -0.356 e. The molecule has 2 N–H and O–H groups in total. The van der Waals surface area contributed by atoms with E-state index in [9.17, 15) is 22.8 Å². The second-order valence-electron chi connectivity index (χ2n) is 7.90. The zero-order valence-electron chi connectivity index (χ0n) is 18.5. The quantitative estimate of drug-likeness (QED) is 0.599. The lowest BCUT2D eigenvalue weighted by atomic mass is 10.0. The molecule has 10 nitrogen and oxygen atoms in total. The molecule has 0 bridgehead atoms. The smallest absolute Gasteiger partial charge is 0.356 e. The largest absolute Gasteiger partial charge is 0.471 e. The lowest BCUT2D eigenvalue weighted by molar-refractivity contribution is -0.188. The monoisotopic (exact) mass is 496 g/mol. The van der Waals surface area contributed by atoms with Crippen LogP contribution in [0.25, 0.3) is 0 Å². The molecule has 2 aromatic heterocycles. The highest BCUT2D eigenvalue weighted by atomic mass is 32.1. The Morgan fingerprint density at radius 3 is 2.59 bits per heavy atom. The molecule has 3 heterocycles. The first kappa shape index (κ1) is 25.2. The molecule has 0 aromatic carbocycles. The third-order valence-electron chi connectivity index (χ3n) is 5.00. The topological polar surface area (TPSA) is 127 Å². The van der Waals surface area contributed by atoms with Crippen LogP contribution in [-0.2, 0) is 9.59 Å². The normalized spacial score (nSPS) is 14.6. The van der Waals surface area contributed by atoms with Gasteiger partial charge in [0.05, 0.1) is 6.20 Å². The minimum absolute atomic E-state index is 0.238. The molecule has 0 spiro atoms. The van der Waals surface area contributed by atoms with Gasteiger partial charge < -0.3 is 20.4 Å². The van der Waals surface area contributed by atoms with Gasteiger partial charge in [-0.15, -0.1) is 0 Å². The van der Waals surface area contributed by atoms with Crippen molar-refractivity contribution in [3.05, 3.63) is 23.5 Å². The van der Waals surface area contributed by atoms with E-state index in [4.69, 9.17) is 5.26 Å². The van der Waals surface area contributed by atoms with Crippen molar-refractivity contribution in [1.29, 1.82) is 5.26 Å². The van der Waals surface area contributed by atoms with E-state index in [0.29, 0.717) is 39.6 Å². The van der Waals surface area contributed by atoms with Crippen LogP contribution in [0.2, 0.25) is 0 Å². The molecule has 182 valence electrons. The highest BCUT2D eigenvalue weighted by Crippen LogP contribution is 2.27. The molecule has 2 aromatic rings. The average Bonchev–Trinajstić information content (AvgIpc) is 3.24. The Labute approximate surface area is 197 Å². The van der Waals surface area contributed by atoms with E-state index < -0.39 is 30.6 Å². The summed E-state index contributed by atoms with van der Waals surface area (Å²) < 4.78 is 39.5. The zero-order chi connectivity index (χ0) is 24.9. The molecule has 3 rings (SSSR count). The number of alkyl halides is 3. The Morgan fingerprint density at radius 1 is 1.29 bits per heavy atom. The van der Waals surface area contributed by atoms with Crippen molar-refractivity contribution in [1.82, 2.24) is 25.2 Å². The molecular formula is C20H23F3N8O2S. The summed E-state index contributed by atoms with van der Waals surface area (Å²) in [6.45, 7) is 3.40. The van der Waals surface area contributed by atoms with Crippen molar-refractivity contribution in [2.45, 2.75) is 44.9 Å². The number of nitrogens with one attached hydrogen (secondary N) is 2. The predicted octanol–water partition coefficient (Wildman–Crippen LogP) is 2.43. The zero-order valence-corrected chi connectivity index (χ0v) is 19.3. The first-order chi connectivity index (χ1) is 16.1. The third kappa shape index (κ3) is 6.53. The Morgan fingerprint density at radius 2 is 2.00 bits per heavy atom. The van der Waals surface area contributed by atoms with Crippen molar-refractivity contribution in [3.63, 3.8) is 0 Å². The number of nitriles is 1. The van der Waals surface area contributed by atoms with Crippen molar-refractivity contribution in [2.75, 3.05) is 29.9 Å². The van der Waals surface area contributed by atoms with Crippen LogP contribution in [0.4, 0.5) is 29.9 Å². The number of carbonyl (C=O) groups is 2. The van der Waals surface area contributed by atoms with Crippen LogP contribution >= 0.6 is 11.3 Å². The number of hydrogen-bond donors (Lipinski definition) is 2. The Balaban J connectivity index is 1.66. The molecule has 14 heteroatoms. The summed E-state index contributed by atoms with van der Waals surface area (Å²) in [6.07, 6.45) is -1.81. The van der Waals surface area contributed by atoms with Crippen molar-refractivity contribution in [2.24, 2.45) is 0 Å². The molecule has 1 saturated heterocycles. The van der Waals surface area contributed by atoms with Crippen molar-refractivity contribution >= 4 is 39.9 Å². The van der Waals surface area contributed by atoms with Crippen LogP contribution in [0, 0.1) is 11.3 Å². The maximum atomic E-state index is 13.2. The number of anilines is 3. The molecule has 0 atom stereocenters. The van der Waals surface area contributed by atoms with Crippen LogP contribution in [0.3, 0.4) is 0 Å². The van der Waals surface area contributed by atoms with Gasteiger partial charge in [-0.2, -0.15) is 18.4 Å². The van der Waals surface area contributed by atoms with Gasteiger partial charge in [0.25, 0.3) is 0 Å². The summed E-state index contributed by atoms with van der Waals surface area (Å²) in [4.78, 5) is 39.5. The van der Waals surface area contributed by atoms with Gasteiger partial charge in [0.15, 0.2) is 5.13 Å². The van der Waals surface area contributed by atoms with E-state index in [0.717, 1.165) is 0 Å². The van der Waals surface area contributed by atoms with Gasteiger partial charge in [-0.3, -0.25) is 9.59 Å². The molecular weight excluding hydrogens is 473 g/mol. The van der Waals surface area contributed by atoms with Crippen LogP contribution < -0.4 is 15.5 Å². The van der Waals surface area contributed by atoms with E-state index in [2.05, 4.69) is 25.6 Å². The number of piperidine rings is 1. The summed E-state index contributed by atoms with van der Waals surface area (Å²) in [5.74, 6) is -1.65. The fourth-order valence-corrected chi connectivity index (χ4v) is 4.16. The fraction of sp³-hybridized carbons (Fsp3) is 0.500. The molecule has 2 amide bonds. The fourth-order valence-electron chi connectivity index (χ4n) is 3.54. The number of nitrogens with zero attached hydrogens (tertiary/aromatic N) is 6. The molecule has 1 aliphatic rings. The first-order valence-electron chi connectivity index (χ1n) is 10.4. The summed E-state index contributed by atoms with van der Waals surface area (Å²) in [5, 5.41) is 14.9. The highest BCUT2D eigenvalue weighted by Gasteiger charge is 2.45. The summed E-state index contributed by atoms with van der Waals surface area (Å²) >= 11 is 1.17. The summed E-state index contributed by atoms with van der Waals surface area (Å²) in [5.41, 5.74) is 0. The van der Waals surface area contributed by atoms with Gasteiger partial charge in [0, 0.05) is 31.2 Å². The lowest BCUT2D eigenvalue weighted by Crippen LogP contribution is -2.54. The highest BCUT2D eigenvalue weighted by molar-refractivity contribution is 7.16. The second-order valence-corrected chi connectivity index (χ2v) is 8.93. The number of aromatic nitrogens is 3. The number of amides is 2. The Kier molecular flexibility index (Phi) is 7.87. The van der Waals surface area contributed by atoms with Gasteiger partial charge in [-0.05, 0) is 26.7 Å². The lowest BCUT2D eigenvalue weighted by Gasteiger charge is -2.39. The second kappa shape index (κ2) is 10.6. The average molecular weight is 497 g/mol. The van der Waals surface area contributed by atoms with Gasteiger partial charge >= 0.3 is 12.1 Å². The van der Waals surface area contributed by atoms with E-state index >= 15 is 0 Å². The molecule has 0 unspecified atom stereocenters. The molecule has 0 aliphatic carbocycles.